The van der Waals surface area contributed by atoms with Crippen molar-refractivity contribution < 1.29 is 19.0 Å². The molecule has 0 unspecified atom stereocenters. The highest BCUT2D eigenvalue weighted by atomic mass is 16.5. The van der Waals surface area contributed by atoms with Gasteiger partial charge in [0.1, 0.15) is 18.1 Å². The first-order valence-electron chi connectivity index (χ1n) is 9.45. The Hall–Kier alpha value is -3.74. The van der Waals surface area contributed by atoms with Gasteiger partial charge in [-0.3, -0.25) is 9.59 Å². The summed E-state index contributed by atoms with van der Waals surface area (Å²) in [5, 5.41) is 2.75. The molecule has 2 aromatic carbocycles. The smallest absolute Gasteiger partial charge is 0.258 e. The predicted molar refractivity (Wildman–Crippen MR) is 113 cm³/mol. The molecule has 1 N–H and O–H groups in total. The van der Waals surface area contributed by atoms with E-state index in [1.165, 1.54) is 6.07 Å². The molecule has 7 nitrogen and oxygen atoms in total. The molecule has 7 heteroatoms. The lowest BCUT2D eigenvalue weighted by molar-refractivity contribution is -0.123. The van der Waals surface area contributed by atoms with Crippen LogP contribution in [0.1, 0.15) is 11.3 Å². The van der Waals surface area contributed by atoms with Gasteiger partial charge in [0.05, 0.1) is 19.9 Å². The van der Waals surface area contributed by atoms with Gasteiger partial charge in [-0.2, -0.15) is 0 Å². The fraction of sp³-hybridized carbons (Fsp3) is 0.217. The number of methoxy groups -OCH3 is 1. The Bertz CT molecular complexity index is 1050. The zero-order valence-corrected chi connectivity index (χ0v) is 17.0. The van der Waals surface area contributed by atoms with Gasteiger partial charge < -0.3 is 24.1 Å². The number of rotatable bonds is 9. The van der Waals surface area contributed by atoms with Crippen molar-refractivity contribution in [1.29, 1.82) is 0 Å². The van der Waals surface area contributed by atoms with Gasteiger partial charge in [0.15, 0.2) is 12.4 Å². The lowest BCUT2D eigenvalue weighted by Gasteiger charge is -2.13. The Balaban J connectivity index is 1.52. The molecule has 30 heavy (non-hydrogen) atoms. The van der Waals surface area contributed by atoms with Crippen LogP contribution in [0.5, 0.6) is 17.2 Å². The summed E-state index contributed by atoms with van der Waals surface area (Å²) in [6.07, 6.45) is 1.62. The molecule has 0 fully saturated rings. The van der Waals surface area contributed by atoms with Crippen LogP contribution in [0, 0.1) is 0 Å². The number of aromatic nitrogens is 1. The van der Waals surface area contributed by atoms with Crippen LogP contribution < -0.4 is 25.0 Å². The van der Waals surface area contributed by atoms with E-state index in [9.17, 15) is 9.59 Å². The van der Waals surface area contributed by atoms with Crippen LogP contribution in [0.4, 0.5) is 0 Å². The van der Waals surface area contributed by atoms with Gasteiger partial charge in [-0.05, 0) is 17.7 Å². The number of hydrogen-bond acceptors (Lipinski definition) is 5. The van der Waals surface area contributed by atoms with E-state index in [4.69, 9.17) is 14.2 Å². The minimum atomic E-state index is -0.297. The first-order chi connectivity index (χ1) is 14.5. The molecule has 0 aliphatic heterocycles. The lowest BCUT2D eigenvalue weighted by Crippen LogP contribution is -2.30. The summed E-state index contributed by atoms with van der Waals surface area (Å²) >= 11 is 0. The first kappa shape index (κ1) is 21.0. The molecule has 3 aromatic rings. The number of hydrogen-bond donors (Lipinski definition) is 1. The minimum Gasteiger partial charge on any atom is -0.497 e. The lowest BCUT2D eigenvalue weighted by atomic mass is 10.2. The summed E-state index contributed by atoms with van der Waals surface area (Å²) in [6.45, 7) is 0.373. The second-order valence-electron chi connectivity index (χ2n) is 6.62. The fourth-order valence-electron chi connectivity index (χ4n) is 2.75. The van der Waals surface area contributed by atoms with E-state index in [0.717, 1.165) is 5.56 Å². The van der Waals surface area contributed by atoms with Crippen LogP contribution in [0.25, 0.3) is 0 Å². The maximum Gasteiger partial charge on any atom is 0.258 e. The van der Waals surface area contributed by atoms with Crippen molar-refractivity contribution in [2.45, 2.75) is 13.2 Å². The topological polar surface area (TPSA) is 78.8 Å². The Morgan fingerprint density at radius 3 is 2.53 bits per heavy atom. The molecule has 0 aliphatic rings. The van der Waals surface area contributed by atoms with Gasteiger partial charge in [-0.1, -0.05) is 36.4 Å². The van der Waals surface area contributed by atoms with Crippen LogP contribution in [-0.2, 0) is 25.0 Å². The van der Waals surface area contributed by atoms with Gasteiger partial charge in [-0.25, -0.2) is 0 Å². The van der Waals surface area contributed by atoms with Crippen molar-refractivity contribution in [2.24, 2.45) is 7.05 Å². The summed E-state index contributed by atoms with van der Waals surface area (Å²) in [7, 11) is 3.36. The van der Waals surface area contributed by atoms with Crippen molar-refractivity contribution in [3.8, 4) is 17.2 Å². The highest BCUT2D eigenvalue weighted by molar-refractivity contribution is 5.77. The van der Waals surface area contributed by atoms with Crippen LogP contribution in [-0.4, -0.2) is 24.2 Å². The fourth-order valence-corrected chi connectivity index (χ4v) is 2.75. The second kappa shape index (κ2) is 10.2. The number of pyridine rings is 1. The number of benzene rings is 2. The SMILES string of the molecule is COc1cccc(OCC(=O)NCc2cc(=O)c(OCc3ccccc3)cn2C)c1. The van der Waals surface area contributed by atoms with E-state index in [2.05, 4.69) is 5.32 Å². The molecule has 1 aromatic heterocycles. The number of amides is 1. The summed E-state index contributed by atoms with van der Waals surface area (Å²) in [5.41, 5.74) is 1.40. The van der Waals surface area contributed by atoms with Gasteiger partial charge >= 0.3 is 0 Å². The van der Waals surface area contributed by atoms with Crippen molar-refractivity contribution in [3.63, 3.8) is 0 Å². The third kappa shape index (κ3) is 5.88. The summed E-state index contributed by atoms with van der Waals surface area (Å²) in [6, 6.07) is 18.1. The zero-order chi connectivity index (χ0) is 21.3. The molecule has 0 saturated heterocycles. The molecule has 0 saturated carbocycles. The Morgan fingerprint density at radius 1 is 1.00 bits per heavy atom. The highest BCUT2D eigenvalue weighted by Crippen LogP contribution is 2.18. The van der Waals surface area contributed by atoms with Crippen LogP contribution in [0.3, 0.4) is 0 Å². The number of aryl methyl sites for hydroxylation is 1. The molecule has 0 radical (unpaired) electrons. The number of nitrogens with zero attached hydrogens (tertiary/aromatic N) is 1. The molecule has 0 atom stereocenters. The first-order valence-corrected chi connectivity index (χ1v) is 9.45. The summed E-state index contributed by atoms with van der Waals surface area (Å²) < 4.78 is 18.0. The monoisotopic (exact) mass is 408 g/mol. The van der Waals surface area contributed by atoms with Crippen LogP contribution >= 0.6 is 0 Å². The maximum atomic E-state index is 12.3. The van der Waals surface area contributed by atoms with E-state index >= 15 is 0 Å². The van der Waals surface area contributed by atoms with Crippen molar-refractivity contribution in [1.82, 2.24) is 9.88 Å². The Kier molecular flexibility index (Phi) is 7.10. The van der Waals surface area contributed by atoms with E-state index in [0.29, 0.717) is 23.8 Å². The molecule has 0 aliphatic carbocycles. The molecule has 1 amide bonds. The third-order valence-corrected chi connectivity index (χ3v) is 4.42. The van der Waals surface area contributed by atoms with Gasteiger partial charge in [0, 0.05) is 24.9 Å². The molecule has 3 rings (SSSR count). The summed E-state index contributed by atoms with van der Waals surface area (Å²) in [4.78, 5) is 24.4. The number of nitrogens with one attached hydrogen (secondary N) is 1. The Morgan fingerprint density at radius 2 is 1.77 bits per heavy atom. The van der Waals surface area contributed by atoms with Gasteiger partial charge in [0.25, 0.3) is 5.91 Å². The predicted octanol–water partition coefficient (Wildman–Crippen LogP) is 2.67. The molecule has 156 valence electrons. The van der Waals surface area contributed by atoms with Crippen molar-refractivity contribution in [3.05, 3.63) is 88.3 Å². The molecular formula is C23H24N2O5. The van der Waals surface area contributed by atoms with E-state index in [1.807, 2.05) is 30.3 Å². The molecule has 1 heterocycles. The van der Waals surface area contributed by atoms with Gasteiger partial charge in [-0.15, -0.1) is 0 Å². The third-order valence-electron chi connectivity index (χ3n) is 4.42. The molecular weight excluding hydrogens is 384 g/mol. The molecule has 0 bridgehead atoms. The number of ether oxygens (including phenoxy) is 3. The minimum absolute atomic E-state index is 0.139. The zero-order valence-electron chi connectivity index (χ0n) is 17.0. The van der Waals surface area contributed by atoms with Crippen molar-refractivity contribution >= 4 is 5.91 Å². The molecule has 0 spiro atoms. The van der Waals surface area contributed by atoms with E-state index < -0.39 is 0 Å². The normalized spacial score (nSPS) is 10.3. The van der Waals surface area contributed by atoms with Gasteiger partial charge in [0.2, 0.25) is 5.43 Å². The standard InChI is InChI=1S/C23H24N2O5/c1-25-14-22(30-15-17-7-4-3-5-8-17)21(26)11-18(25)13-24-23(27)16-29-20-10-6-9-19(12-20)28-2/h3-12,14H,13,15-16H2,1-2H3,(H,24,27). The van der Waals surface area contributed by atoms with Crippen LogP contribution in [0.2, 0.25) is 0 Å². The quantitative estimate of drug-likeness (QED) is 0.589. The summed E-state index contributed by atoms with van der Waals surface area (Å²) in [5.74, 6) is 1.15. The largest absolute Gasteiger partial charge is 0.497 e. The second-order valence-corrected chi connectivity index (χ2v) is 6.62. The van der Waals surface area contributed by atoms with E-state index in [1.54, 1.807) is 49.2 Å². The maximum absolute atomic E-state index is 12.3. The number of carbonyl (C=O) groups excluding carboxylic acids is 1. The average molecular weight is 408 g/mol. The average Bonchev–Trinajstić information content (AvgIpc) is 2.77. The highest BCUT2D eigenvalue weighted by Gasteiger charge is 2.09. The van der Waals surface area contributed by atoms with Crippen LogP contribution in [0.15, 0.2) is 71.7 Å². The number of carbonyl (C=O) groups is 1. The van der Waals surface area contributed by atoms with E-state index in [-0.39, 0.29) is 30.2 Å². The Labute approximate surface area is 174 Å². The van der Waals surface area contributed by atoms with Crippen molar-refractivity contribution in [2.75, 3.05) is 13.7 Å².